The van der Waals surface area contributed by atoms with E-state index in [2.05, 4.69) is 29.2 Å². The molecule has 0 saturated carbocycles. The van der Waals surface area contributed by atoms with E-state index in [0.717, 1.165) is 32.5 Å². The second-order valence-electron chi connectivity index (χ2n) is 3.91. The Morgan fingerprint density at radius 3 is 3.07 bits per heavy atom. The smallest absolute Gasteiger partial charge is 0.0868 e. The maximum Gasteiger partial charge on any atom is 0.0868 e. The molecule has 1 rings (SSSR count). The molecular formula is C11H21N3O. The van der Waals surface area contributed by atoms with Crippen LogP contribution in [0, 0.1) is 11.8 Å². The van der Waals surface area contributed by atoms with Crippen molar-refractivity contribution in [1.29, 1.82) is 0 Å². The summed E-state index contributed by atoms with van der Waals surface area (Å²) in [5.74, 6) is 11.5. The highest BCUT2D eigenvalue weighted by Crippen LogP contribution is 2.10. The number of rotatable bonds is 4. The van der Waals surface area contributed by atoms with Gasteiger partial charge in [0.15, 0.2) is 0 Å². The van der Waals surface area contributed by atoms with E-state index in [1.165, 1.54) is 0 Å². The van der Waals surface area contributed by atoms with Crippen molar-refractivity contribution in [3.63, 3.8) is 0 Å². The third kappa shape index (κ3) is 4.18. The maximum absolute atomic E-state index is 5.70. The topological polar surface area (TPSA) is 50.5 Å². The van der Waals surface area contributed by atoms with Gasteiger partial charge in [0.25, 0.3) is 0 Å². The van der Waals surface area contributed by atoms with E-state index in [-0.39, 0.29) is 12.1 Å². The molecule has 2 unspecified atom stereocenters. The molecule has 1 fully saturated rings. The van der Waals surface area contributed by atoms with Gasteiger partial charge < -0.3 is 9.64 Å². The van der Waals surface area contributed by atoms with Crippen LogP contribution in [0.15, 0.2) is 0 Å². The SMILES string of the molecule is CC#CCCC(NN)C1CN(C)CCO1. The van der Waals surface area contributed by atoms with Crippen molar-refractivity contribution in [2.45, 2.75) is 31.9 Å². The Hall–Kier alpha value is -0.600. The molecule has 0 amide bonds. The number of morpholine rings is 1. The van der Waals surface area contributed by atoms with Crippen molar-refractivity contribution < 1.29 is 4.74 Å². The van der Waals surface area contributed by atoms with Crippen molar-refractivity contribution in [2.75, 3.05) is 26.7 Å². The minimum Gasteiger partial charge on any atom is -0.374 e. The number of nitrogens with zero attached hydrogens (tertiary/aromatic N) is 1. The van der Waals surface area contributed by atoms with Gasteiger partial charge in [0.2, 0.25) is 0 Å². The first-order valence-corrected chi connectivity index (χ1v) is 5.43. The summed E-state index contributed by atoms with van der Waals surface area (Å²) >= 11 is 0. The molecule has 1 saturated heterocycles. The van der Waals surface area contributed by atoms with Crippen molar-refractivity contribution in [1.82, 2.24) is 10.3 Å². The molecule has 2 atom stereocenters. The van der Waals surface area contributed by atoms with Crippen molar-refractivity contribution >= 4 is 0 Å². The summed E-state index contributed by atoms with van der Waals surface area (Å²) < 4.78 is 5.70. The molecule has 0 aliphatic carbocycles. The quantitative estimate of drug-likeness (QED) is 0.389. The normalized spacial score (nSPS) is 24.3. The average molecular weight is 211 g/mol. The van der Waals surface area contributed by atoms with E-state index >= 15 is 0 Å². The van der Waals surface area contributed by atoms with Gasteiger partial charge in [-0.15, -0.1) is 11.8 Å². The zero-order chi connectivity index (χ0) is 11.1. The third-order valence-electron chi connectivity index (χ3n) is 2.72. The molecule has 0 aromatic heterocycles. The Morgan fingerprint density at radius 2 is 2.47 bits per heavy atom. The van der Waals surface area contributed by atoms with Crippen LogP contribution in [0.25, 0.3) is 0 Å². The van der Waals surface area contributed by atoms with Gasteiger partial charge in [-0.1, -0.05) is 0 Å². The molecule has 4 nitrogen and oxygen atoms in total. The van der Waals surface area contributed by atoms with Crippen LogP contribution in [0.2, 0.25) is 0 Å². The number of nitrogens with one attached hydrogen (secondary N) is 1. The number of likely N-dealkylation sites (N-methyl/N-ethyl adjacent to an activating group) is 1. The second kappa shape index (κ2) is 6.81. The number of nitrogens with two attached hydrogens (primary N) is 1. The first-order valence-electron chi connectivity index (χ1n) is 5.43. The molecule has 0 aromatic carbocycles. The Bertz CT molecular complexity index is 234. The van der Waals surface area contributed by atoms with E-state index in [4.69, 9.17) is 10.6 Å². The van der Waals surface area contributed by atoms with Crippen molar-refractivity contribution in [3.05, 3.63) is 0 Å². The first-order chi connectivity index (χ1) is 7.27. The third-order valence-corrected chi connectivity index (χ3v) is 2.72. The van der Waals surface area contributed by atoms with Crippen molar-refractivity contribution in [3.8, 4) is 11.8 Å². The summed E-state index contributed by atoms with van der Waals surface area (Å²) in [7, 11) is 2.11. The van der Waals surface area contributed by atoms with Crippen molar-refractivity contribution in [2.24, 2.45) is 5.84 Å². The van der Waals surface area contributed by atoms with Crippen LogP contribution < -0.4 is 11.3 Å². The maximum atomic E-state index is 5.70. The van der Waals surface area contributed by atoms with Gasteiger partial charge in [0.05, 0.1) is 12.7 Å². The molecule has 1 heterocycles. The van der Waals surface area contributed by atoms with Crippen LogP contribution in [0.4, 0.5) is 0 Å². The van der Waals surface area contributed by atoms with Gasteiger partial charge in [0.1, 0.15) is 0 Å². The number of hydrazine groups is 1. The average Bonchev–Trinajstić information content (AvgIpc) is 2.24. The molecule has 1 aliphatic heterocycles. The van der Waals surface area contributed by atoms with E-state index < -0.39 is 0 Å². The Labute approximate surface area is 92.1 Å². The zero-order valence-electron chi connectivity index (χ0n) is 9.62. The fraction of sp³-hybridized carbons (Fsp3) is 0.818. The number of ether oxygens (including phenoxy) is 1. The van der Waals surface area contributed by atoms with Crippen LogP contribution in [0.3, 0.4) is 0 Å². The summed E-state index contributed by atoms with van der Waals surface area (Å²) in [6.45, 7) is 4.59. The van der Waals surface area contributed by atoms with E-state index in [0.29, 0.717) is 0 Å². The highest BCUT2D eigenvalue weighted by atomic mass is 16.5. The van der Waals surface area contributed by atoms with Crippen LogP contribution >= 0.6 is 0 Å². The molecule has 0 bridgehead atoms. The molecule has 0 spiro atoms. The lowest BCUT2D eigenvalue weighted by Crippen LogP contribution is -2.53. The lowest BCUT2D eigenvalue weighted by atomic mass is 10.0. The molecule has 15 heavy (non-hydrogen) atoms. The molecule has 4 heteroatoms. The van der Waals surface area contributed by atoms with Gasteiger partial charge in [-0.2, -0.15) is 0 Å². The predicted molar refractivity (Wildman–Crippen MR) is 61.0 cm³/mol. The first kappa shape index (κ1) is 12.5. The lowest BCUT2D eigenvalue weighted by Gasteiger charge is -2.34. The number of hydrogen-bond acceptors (Lipinski definition) is 4. The fourth-order valence-electron chi connectivity index (χ4n) is 1.78. The Balaban J connectivity index is 2.37. The summed E-state index contributed by atoms with van der Waals surface area (Å²) in [6, 6.07) is 0.202. The molecule has 86 valence electrons. The monoisotopic (exact) mass is 211 g/mol. The second-order valence-corrected chi connectivity index (χ2v) is 3.91. The van der Waals surface area contributed by atoms with Crippen LogP contribution in [-0.4, -0.2) is 43.8 Å². The zero-order valence-corrected chi connectivity index (χ0v) is 9.62. The highest BCUT2D eigenvalue weighted by Gasteiger charge is 2.25. The Kier molecular flexibility index (Phi) is 5.66. The molecule has 0 aromatic rings. The molecular weight excluding hydrogens is 190 g/mol. The summed E-state index contributed by atoms with van der Waals surface area (Å²) in [5, 5.41) is 0. The van der Waals surface area contributed by atoms with Crippen LogP contribution in [0.1, 0.15) is 19.8 Å². The predicted octanol–water partition coefficient (Wildman–Crippen LogP) is -0.0476. The molecule has 3 N–H and O–H groups in total. The molecule has 0 radical (unpaired) electrons. The summed E-state index contributed by atoms with van der Waals surface area (Å²) in [4.78, 5) is 2.27. The van der Waals surface area contributed by atoms with E-state index in [1.54, 1.807) is 0 Å². The van der Waals surface area contributed by atoms with Gasteiger partial charge >= 0.3 is 0 Å². The Morgan fingerprint density at radius 1 is 1.67 bits per heavy atom. The minimum atomic E-state index is 0.187. The van der Waals surface area contributed by atoms with Gasteiger partial charge in [-0.05, 0) is 20.4 Å². The fourth-order valence-corrected chi connectivity index (χ4v) is 1.78. The highest BCUT2D eigenvalue weighted by molar-refractivity contribution is 4.96. The van der Waals surface area contributed by atoms with Gasteiger partial charge in [-0.3, -0.25) is 11.3 Å². The lowest BCUT2D eigenvalue weighted by molar-refractivity contribution is -0.0396. The van der Waals surface area contributed by atoms with Crippen LogP contribution in [0.5, 0.6) is 0 Å². The minimum absolute atomic E-state index is 0.187. The summed E-state index contributed by atoms with van der Waals surface area (Å²) in [6.07, 6.45) is 2.00. The van der Waals surface area contributed by atoms with Crippen LogP contribution in [-0.2, 0) is 4.74 Å². The van der Waals surface area contributed by atoms with Gasteiger partial charge in [0, 0.05) is 25.6 Å². The van der Waals surface area contributed by atoms with Gasteiger partial charge in [-0.25, -0.2) is 0 Å². The van der Waals surface area contributed by atoms with E-state index in [1.807, 2.05) is 6.92 Å². The molecule has 1 aliphatic rings. The summed E-state index contributed by atoms with van der Waals surface area (Å²) in [5.41, 5.74) is 2.83. The largest absolute Gasteiger partial charge is 0.374 e. The van der Waals surface area contributed by atoms with E-state index in [9.17, 15) is 0 Å². The number of hydrogen-bond donors (Lipinski definition) is 2. The standard InChI is InChI=1S/C11H21N3O/c1-3-4-5-6-10(13-12)11-9-14(2)7-8-15-11/h10-11,13H,5-9,12H2,1-2H3.